The van der Waals surface area contributed by atoms with Crippen LogP contribution in [0.5, 0.6) is 11.5 Å². The number of carbonyl (C=O) groups is 2. The van der Waals surface area contributed by atoms with Gasteiger partial charge in [-0.2, -0.15) is 0 Å². The molecule has 0 fully saturated rings. The van der Waals surface area contributed by atoms with Gasteiger partial charge in [0.2, 0.25) is 0 Å². The van der Waals surface area contributed by atoms with Crippen LogP contribution in [0.15, 0.2) is 36.4 Å². The average molecular weight is 294 g/mol. The minimum Gasteiger partial charge on any atom is -0.456 e. The third kappa shape index (κ3) is 2.54. The molecule has 0 saturated heterocycles. The van der Waals surface area contributed by atoms with E-state index in [1.54, 1.807) is 19.1 Å². The predicted molar refractivity (Wildman–Crippen MR) is 84.8 cm³/mol. The van der Waals surface area contributed by atoms with Crippen LogP contribution in [-0.4, -0.2) is 11.6 Å². The van der Waals surface area contributed by atoms with Crippen LogP contribution in [0, 0.1) is 6.92 Å². The zero-order chi connectivity index (χ0) is 15.9. The van der Waals surface area contributed by atoms with Crippen LogP contribution in [0.4, 0.5) is 0 Å². The van der Waals surface area contributed by atoms with E-state index in [-0.39, 0.29) is 17.5 Å². The maximum absolute atomic E-state index is 12.6. The lowest BCUT2D eigenvalue weighted by Crippen LogP contribution is -2.07. The van der Waals surface area contributed by atoms with E-state index in [0.717, 1.165) is 22.4 Å². The normalized spacial score (nSPS) is 14.4. The molecule has 1 heterocycles. The van der Waals surface area contributed by atoms with E-state index in [1.165, 1.54) is 0 Å². The van der Waals surface area contributed by atoms with Crippen molar-refractivity contribution in [3.8, 4) is 11.5 Å². The summed E-state index contributed by atoms with van der Waals surface area (Å²) in [6, 6.07) is 11.3. The van der Waals surface area contributed by atoms with Crippen molar-refractivity contribution in [2.45, 2.75) is 33.1 Å². The van der Waals surface area contributed by atoms with Gasteiger partial charge in [0.15, 0.2) is 5.78 Å². The van der Waals surface area contributed by atoms with Crippen LogP contribution in [0.3, 0.4) is 0 Å². The van der Waals surface area contributed by atoms with E-state index in [1.807, 2.05) is 38.1 Å². The van der Waals surface area contributed by atoms with Crippen LogP contribution in [0.25, 0.3) is 0 Å². The lowest BCUT2D eigenvalue weighted by atomic mass is 9.93. The third-order valence-electron chi connectivity index (χ3n) is 4.20. The number of ether oxygens (including phenoxy) is 1. The number of hydrogen-bond acceptors (Lipinski definition) is 3. The largest absolute Gasteiger partial charge is 0.456 e. The van der Waals surface area contributed by atoms with Crippen LogP contribution in [-0.2, 0) is 11.2 Å². The smallest absolute Gasteiger partial charge is 0.171 e. The summed E-state index contributed by atoms with van der Waals surface area (Å²) in [5.74, 6) is 1.18. The quantitative estimate of drug-likeness (QED) is 0.833. The van der Waals surface area contributed by atoms with Gasteiger partial charge in [-0.15, -0.1) is 0 Å². The maximum atomic E-state index is 12.6. The Balaban J connectivity index is 2.06. The van der Waals surface area contributed by atoms with Gasteiger partial charge in [-0.3, -0.25) is 9.59 Å². The zero-order valence-corrected chi connectivity index (χ0v) is 13.0. The summed E-state index contributed by atoms with van der Waals surface area (Å²) in [7, 11) is 0. The fourth-order valence-electron chi connectivity index (χ4n) is 2.69. The van der Waals surface area contributed by atoms with Crippen LogP contribution >= 0.6 is 0 Å². The van der Waals surface area contributed by atoms with E-state index in [0.29, 0.717) is 17.7 Å². The summed E-state index contributed by atoms with van der Waals surface area (Å²) < 4.78 is 5.92. The van der Waals surface area contributed by atoms with Crippen molar-refractivity contribution in [1.82, 2.24) is 0 Å². The number of benzene rings is 2. The number of aryl methyl sites for hydroxylation is 1. The second-order valence-electron chi connectivity index (χ2n) is 5.90. The fourth-order valence-corrected chi connectivity index (χ4v) is 2.69. The Morgan fingerprint density at radius 3 is 2.59 bits per heavy atom. The number of Topliss-reactive ketones (excluding diaryl/α,β-unsaturated/α-hetero) is 2. The van der Waals surface area contributed by atoms with Gasteiger partial charge in [0.05, 0.1) is 5.56 Å². The molecule has 3 heteroatoms. The van der Waals surface area contributed by atoms with Gasteiger partial charge in [0, 0.05) is 17.9 Å². The molecule has 0 aromatic heterocycles. The molecule has 1 atom stereocenters. The SMILES string of the molecule is CC(=O)C(C)c1ccc2c(c1)C(=O)Cc1cc(C)ccc1O2. The molecule has 3 rings (SSSR count). The molecule has 0 aliphatic carbocycles. The molecule has 2 aromatic rings. The van der Waals surface area contributed by atoms with Gasteiger partial charge in [0.1, 0.15) is 17.3 Å². The molecule has 0 spiro atoms. The molecule has 1 aliphatic rings. The Labute approximate surface area is 129 Å². The van der Waals surface area contributed by atoms with Crippen molar-refractivity contribution in [2.24, 2.45) is 0 Å². The highest BCUT2D eigenvalue weighted by molar-refractivity contribution is 6.01. The molecule has 0 saturated carbocycles. The molecule has 0 radical (unpaired) electrons. The second kappa shape index (κ2) is 5.41. The topological polar surface area (TPSA) is 43.4 Å². The van der Waals surface area contributed by atoms with Crippen molar-refractivity contribution < 1.29 is 14.3 Å². The number of hydrogen-bond donors (Lipinski definition) is 0. The highest BCUT2D eigenvalue weighted by atomic mass is 16.5. The van der Waals surface area contributed by atoms with Crippen molar-refractivity contribution >= 4 is 11.6 Å². The first-order chi connectivity index (χ1) is 10.5. The van der Waals surface area contributed by atoms with Gasteiger partial charge < -0.3 is 4.74 Å². The Bertz CT molecular complexity index is 774. The number of ketones is 2. The number of carbonyl (C=O) groups excluding carboxylic acids is 2. The van der Waals surface area contributed by atoms with Crippen LogP contribution < -0.4 is 4.74 Å². The first-order valence-electron chi connectivity index (χ1n) is 7.40. The molecule has 0 bridgehead atoms. The predicted octanol–water partition coefficient (Wildman–Crippen LogP) is 4.22. The molecule has 0 N–H and O–H groups in total. The van der Waals surface area contributed by atoms with E-state index < -0.39 is 0 Å². The first kappa shape index (κ1) is 14.5. The Kier molecular flexibility index (Phi) is 3.57. The summed E-state index contributed by atoms with van der Waals surface area (Å²) in [5.41, 5.74) is 3.42. The van der Waals surface area contributed by atoms with E-state index in [2.05, 4.69) is 0 Å². The first-order valence-corrected chi connectivity index (χ1v) is 7.40. The standard InChI is InChI=1S/C19H18O3/c1-11-4-6-18-15(8-11)10-17(21)16-9-14(12(2)13(3)20)5-7-19(16)22-18/h4-9,12H,10H2,1-3H3. The van der Waals surface area contributed by atoms with Gasteiger partial charge in [0.25, 0.3) is 0 Å². The Morgan fingerprint density at radius 1 is 1.14 bits per heavy atom. The zero-order valence-electron chi connectivity index (χ0n) is 13.0. The number of fused-ring (bicyclic) bond motifs is 2. The van der Waals surface area contributed by atoms with Crippen molar-refractivity contribution in [3.05, 3.63) is 58.7 Å². The van der Waals surface area contributed by atoms with Gasteiger partial charge >= 0.3 is 0 Å². The number of rotatable bonds is 2. The fraction of sp³-hybridized carbons (Fsp3) is 0.263. The minimum absolute atomic E-state index is 0.0250. The van der Waals surface area contributed by atoms with E-state index >= 15 is 0 Å². The summed E-state index contributed by atoms with van der Waals surface area (Å²) in [6.45, 7) is 5.41. The Morgan fingerprint density at radius 2 is 1.86 bits per heavy atom. The Hall–Kier alpha value is -2.42. The van der Waals surface area contributed by atoms with Crippen LogP contribution in [0.2, 0.25) is 0 Å². The third-order valence-corrected chi connectivity index (χ3v) is 4.20. The van der Waals surface area contributed by atoms with Crippen molar-refractivity contribution in [1.29, 1.82) is 0 Å². The molecular weight excluding hydrogens is 276 g/mol. The molecule has 1 unspecified atom stereocenters. The highest BCUT2D eigenvalue weighted by Crippen LogP contribution is 2.35. The van der Waals surface area contributed by atoms with Crippen molar-refractivity contribution in [3.63, 3.8) is 0 Å². The lowest BCUT2D eigenvalue weighted by molar-refractivity contribution is -0.118. The maximum Gasteiger partial charge on any atom is 0.171 e. The summed E-state index contributed by atoms with van der Waals surface area (Å²) >= 11 is 0. The summed E-state index contributed by atoms with van der Waals surface area (Å²) in [4.78, 5) is 24.1. The summed E-state index contributed by atoms with van der Waals surface area (Å²) in [6.07, 6.45) is 0.321. The van der Waals surface area contributed by atoms with Crippen molar-refractivity contribution in [2.75, 3.05) is 0 Å². The lowest BCUT2D eigenvalue weighted by Gasteiger charge is -2.12. The monoisotopic (exact) mass is 294 g/mol. The minimum atomic E-state index is -0.217. The molecule has 22 heavy (non-hydrogen) atoms. The highest BCUT2D eigenvalue weighted by Gasteiger charge is 2.23. The molecule has 112 valence electrons. The van der Waals surface area contributed by atoms with E-state index in [4.69, 9.17) is 4.74 Å². The second-order valence-corrected chi connectivity index (χ2v) is 5.90. The molecule has 2 aromatic carbocycles. The van der Waals surface area contributed by atoms with E-state index in [9.17, 15) is 9.59 Å². The average Bonchev–Trinajstić information content (AvgIpc) is 2.62. The van der Waals surface area contributed by atoms with Gasteiger partial charge in [-0.1, -0.05) is 30.7 Å². The molecular formula is C19H18O3. The van der Waals surface area contributed by atoms with Gasteiger partial charge in [-0.05, 0) is 37.6 Å². The molecule has 1 aliphatic heterocycles. The van der Waals surface area contributed by atoms with Crippen LogP contribution in [0.1, 0.15) is 46.8 Å². The summed E-state index contributed by atoms with van der Waals surface area (Å²) in [5, 5.41) is 0. The molecule has 0 amide bonds. The molecule has 3 nitrogen and oxygen atoms in total. The van der Waals surface area contributed by atoms with Gasteiger partial charge in [-0.25, -0.2) is 0 Å².